The summed E-state index contributed by atoms with van der Waals surface area (Å²) >= 11 is 9.09. The molecule has 0 aliphatic carbocycles. The van der Waals surface area contributed by atoms with Crippen LogP contribution in [0.25, 0.3) is 11.0 Å². The first-order chi connectivity index (χ1) is 9.02. The molecule has 6 heteroatoms. The van der Waals surface area contributed by atoms with Crippen molar-refractivity contribution < 1.29 is 9.13 Å². The Morgan fingerprint density at radius 1 is 1.47 bits per heavy atom. The van der Waals surface area contributed by atoms with E-state index >= 15 is 0 Å². The van der Waals surface area contributed by atoms with E-state index in [-0.39, 0.29) is 17.8 Å². The minimum Gasteiger partial charge on any atom is -0.377 e. The molecule has 0 saturated heterocycles. The Hall–Kier alpha value is -0.650. The van der Waals surface area contributed by atoms with Crippen molar-refractivity contribution in [1.29, 1.82) is 0 Å². The molecular formula is C13H15BrClFN2O. The Labute approximate surface area is 124 Å². The second kappa shape index (κ2) is 6.20. The maximum atomic E-state index is 13.5. The first kappa shape index (κ1) is 14.8. The maximum Gasteiger partial charge on any atom is 0.139 e. The second-order valence-electron chi connectivity index (χ2n) is 4.49. The molecule has 19 heavy (non-hydrogen) atoms. The highest BCUT2D eigenvalue weighted by Gasteiger charge is 2.13. The summed E-state index contributed by atoms with van der Waals surface area (Å²) in [6.45, 7) is 5.19. The monoisotopic (exact) mass is 348 g/mol. The van der Waals surface area contributed by atoms with Crippen molar-refractivity contribution in [3.05, 3.63) is 28.2 Å². The van der Waals surface area contributed by atoms with Crippen molar-refractivity contribution in [2.24, 2.45) is 0 Å². The molecule has 1 aromatic heterocycles. The van der Waals surface area contributed by atoms with E-state index in [1.54, 1.807) is 6.07 Å². The van der Waals surface area contributed by atoms with Gasteiger partial charge in [0.15, 0.2) is 0 Å². The van der Waals surface area contributed by atoms with Gasteiger partial charge in [-0.05, 0) is 35.8 Å². The van der Waals surface area contributed by atoms with Crippen LogP contribution < -0.4 is 0 Å². The molecule has 0 N–H and O–H groups in total. The molecule has 0 amide bonds. The summed E-state index contributed by atoms with van der Waals surface area (Å²) < 4.78 is 21.4. The van der Waals surface area contributed by atoms with E-state index in [0.717, 1.165) is 11.3 Å². The van der Waals surface area contributed by atoms with Crippen LogP contribution in [0.5, 0.6) is 0 Å². The molecule has 0 bridgehead atoms. The fraction of sp³-hybridized carbons (Fsp3) is 0.462. The van der Waals surface area contributed by atoms with E-state index in [2.05, 4.69) is 20.9 Å². The predicted molar refractivity (Wildman–Crippen MR) is 78.0 cm³/mol. The van der Waals surface area contributed by atoms with Crippen LogP contribution in [0.4, 0.5) is 4.39 Å². The van der Waals surface area contributed by atoms with Crippen LogP contribution in [0.2, 0.25) is 0 Å². The highest BCUT2D eigenvalue weighted by molar-refractivity contribution is 9.10. The van der Waals surface area contributed by atoms with Crippen molar-refractivity contribution in [3.63, 3.8) is 0 Å². The minimum atomic E-state index is -0.322. The number of rotatable bonds is 5. The number of hydrogen-bond donors (Lipinski definition) is 0. The molecule has 1 heterocycles. The Morgan fingerprint density at radius 2 is 2.21 bits per heavy atom. The largest absolute Gasteiger partial charge is 0.377 e. The van der Waals surface area contributed by atoms with E-state index < -0.39 is 0 Å². The third-order valence-corrected chi connectivity index (χ3v) is 3.60. The fourth-order valence-electron chi connectivity index (χ4n) is 1.90. The summed E-state index contributed by atoms with van der Waals surface area (Å²) in [6, 6.07) is 3.14. The summed E-state index contributed by atoms with van der Waals surface area (Å²) in [5.74, 6) is 0.688. The lowest BCUT2D eigenvalue weighted by Crippen LogP contribution is -2.12. The van der Waals surface area contributed by atoms with E-state index in [1.807, 2.05) is 18.4 Å². The third-order valence-electron chi connectivity index (χ3n) is 2.75. The van der Waals surface area contributed by atoms with Gasteiger partial charge in [0.25, 0.3) is 0 Å². The first-order valence-corrected chi connectivity index (χ1v) is 7.37. The second-order valence-corrected chi connectivity index (χ2v) is 5.61. The smallest absolute Gasteiger partial charge is 0.139 e. The van der Waals surface area contributed by atoms with Crippen LogP contribution in [-0.4, -0.2) is 22.3 Å². The summed E-state index contributed by atoms with van der Waals surface area (Å²) in [5, 5.41) is 0. The third kappa shape index (κ3) is 3.27. The molecule has 2 rings (SSSR count). The van der Waals surface area contributed by atoms with Gasteiger partial charge in [0.2, 0.25) is 0 Å². The zero-order valence-electron chi connectivity index (χ0n) is 10.8. The van der Waals surface area contributed by atoms with Crippen LogP contribution in [0.1, 0.15) is 19.7 Å². The zero-order chi connectivity index (χ0) is 14.0. The molecule has 0 aliphatic rings. The predicted octanol–water partition coefficient (Wildman–Crippen LogP) is 4.10. The van der Waals surface area contributed by atoms with Crippen molar-refractivity contribution in [3.8, 4) is 0 Å². The SMILES string of the molecule is CC(C)OCCn1c(CCl)nc2cc(F)c(Br)cc21. The van der Waals surface area contributed by atoms with Gasteiger partial charge >= 0.3 is 0 Å². The number of hydrogen-bond acceptors (Lipinski definition) is 2. The number of imidazole rings is 1. The summed E-state index contributed by atoms with van der Waals surface area (Å²) in [6.07, 6.45) is 0.179. The Bertz CT molecular complexity index is 586. The van der Waals surface area contributed by atoms with Crippen molar-refractivity contribution in [2.75, 3.05) is 6.61 Å². The topological polar surface area (TPSA) is 27.1 Å². The minimum absolute atomic E-state index is 0.179. The highest BCUT2D eigenvalue weighted by atomic mass is 79.9. The molecule has 104 valence electrons. The van der Waals surface area contributed by atoms with Gasteiger partial charge in [-0.15, -0.1) is 11.6 Å². The molecule has 0 fully saturated rings. The molecule has 0 unspecified atom stereocenters. The highest BCUT2D eigenvalue weighted by Crippen LogP contribution is 2.24. The molecule has 0 atom stereocenters. The number of nitrogens with zero attached hydrogens (tertiary/aromatic N) is 2. The van der Waals surface area contributed by atoms with Gasteiger partial charge in [0, 0.05) is 12.6 Å². The molecule has 2 aromatic rings. The van der Waals surface area contributed by atoms with E-state index in [1.165, 1.54) is 6.07 Å². The Morgan fingerprint density at radius 3 is 2.84 bits per heavy atom. The van der Waals surface area contributed by atoms with Gasteiger partial charge in [0.05, 0.1) is 34.1 Å². The molecule has 0 saturated carbocycles. The number of benzene rings is 1. The summed E-state index contributed by atoms with van der Waals surface area (Å²) in [4.78, 5) is 4.35. The number of aromatic nitrogens is 2. The number of halogens is 3. The lowest BCUT2D eigenvalue weighted by atomic mass is 10.3. The van der Waals surface area contributed by atoms with Crippen LogP contribution >= 0.6 is 27.5 Å². The van der Waals surface area contributed by atoms with Gasteiger partial charge in [-0.1, -0.05) is 0 Å². The molecule has 1 aromatic carbocycles. The van der Waals surface area contributed by atoms with Crippen LogP contribution in [0.15, 0.2) is 16.6 Å². The van der Waals surface area contributed by atoms with Crippen LogP contribution in [0, 0.1) is 5.82 Å². The van der Waals surface area contributed by atoms with Crippen LogP contribution in [-0.2, 0) is 17.2 Å². The number of alkyl halides is 1. The van der Waals surface area contributed by atoms with Gasteiger partial charge in [-0.3, -0.25) is 0 Å². The Kier molecular flexibility index (Phi) is 4.81. The average Bonchev–Trinajstić information content (AvgIpc) is 2.67. The lowest BCUT2D eigenvalue weighted by molar-refractivity contribution is 0.0729. The van der Waals surface area contributed by atoms with E-state index in [9.17, 15) is 4.39 Å². The lowest BCUT2D eigenvalue weighted by Gasteiger charge is -2.10. The first-order valence-electron chi connectivity index (χ1n) is 6.04. The number of fused-ring (bicyclic) bond motifs is 1. The van der Waals surface area contributed by atoms with Gasteiger partial charge in [-0.2, -0.15) is 0 Å². The number of ether oxygens (including phenoxy) is 1. The van der Waals surface area contributed by atoms with Crippen molar-refractivity contribution in [2.45, 2.75) is 32.4 Å². The zero-order valence-corrected chi connectivity index (χ0v) is 13.1. The van der Waals surface area contributed by atoms with E-state index in [4.69, 9.17) is 16.3 Å². The van der Waals surface area contributed by atoms with Crippen LogP contribution in [0.3, 0.4) is 0 Å². The van der Waals surface area contributed by atoms with Gasteiger partial charge in [0.1, 0.15) is 11.6 Å². The van der Waals surface area contributed by atoms with Crippen molar-refractivity contribution in [1.82, 2.24) is 9.55 Å². The average molecular weight is 350 g/mol. The Balaban J connectivity index is 2.36. The standard InChI is InChI=1S/C13H15BrClFN2O/c1-8(2)19-4-3-18-12-5-9(14)10(16)6-11(12)17-13(18)7-15/h5-6,8H,3-4,7H2,1-2H3. The van der Waals surface area contributed by atoms with E-state index in [0.29, 0.717) is 23.1 Å². The molecule has 0 radical (unpaired) electrons. The molecule has 0 aliphatic heterocycles. The van der Waals surface area contributed by atoms with Gasteiger partial charge in [-0.25, -0.2) is 9.37 Å². The fourth-order valence-corrected chi connectivity index (χ4v) is 2.44. The molecule has 3 nitrogen and oxygen atoms in total. The van der Waals surface area contributed by atoms with Gasteiger partial charge < -0.3 is 9.30 Å². The van der Waals surface area contributed by atoms with Crippen molar-refractivity contribution >= 4 is 38.6 Å². The summed E-state index contributed by atoms with van der Waals surface area (Å²) in [7, 11) is 0. The summed E-state index contributed by atoms with van der Waals surface area (Å²) in [5.41, 5.74) is 1.47. The molecular weight excluding hydrogens is 335 g/mol. The maximum absolute atomic E-state index is 13.5. The quantitative estimate of drug-likeness (QED) is 0.760. The molecule has 0 spiro atoms. The normalized spacial score (nSPS) is 11.7.